The molecule has 0 saturated carbocycles. The molecule has 1 saturated heterocycles. The fourth-order valence-corrected chi connectivity index (χ4v) is 3.24. The third-order valence-electron chi connectivity index (χ3n) is 2.97. The van der Waals surface area contributed by atoms with E-state index in [9.17, 15) is 0 Å². The molecular formula is C12H26N2S. The van der Waals surface area contributed by atoms with Gasteiger partial charge in [-0.3, -0.25) is 0 Å². The minimum atomic E-state index is 0.00863. The Balaban J connectivity index is 2.15. The van der Waals surface area contributed by atoms with Gasteiger partial charge in [-0.1, -0.05) is 6.92 Å². The van der Waals surface area contributed by atoms with Crippen LogP contribution in [0.15, 0.2) is 0 Å². The Morgan fingerprint density at radius 1 is 1.47 bits per heavy atom. The molecule has 2 nitrogen and oxygen atoms in total. The van der Waals surface area contributed by atoms with Gasteiger partial charge in [0.25, 0.3) is 0 Å². The minimum Gasteiger partial charge on any atom is -0.326 e. The number of hydrogen-bond donors (Lipinski definition) is 1. The molecule has 0 bridgehead atoms. The van der Waals surface area contributed by atoms with Crippen molar-refractivity contribution in [1.82, 2.24) is 4.90 Å². The van der Waals surface area contributed by atoms with E-state index in [1.165, 1.54) is 38.2 Å². The van der Waals surface area contributed by atoms with Crippen LogP contribution in [-0.4, -0.2) is 41.1 Å². The molecule has 1 fully saturated rings. The van der Waals surface area contributed by atoms with Crippen LogP contribution >= 0.6 is 11.8 Å². The number of thioether (sulfide) groups is 1. The fourth-order valence-electron chi connectivity index (χ4n) is 1.99. The average molecular weight is 230 g/mol. The van der Waals surface area contributed by atoms with E-state index >= 15 is 0 Å². The van der Waals surface area contributed by atoms with Gasteiger partial charge in [-0.25, -0.2) is 0 Å². The Morgan fingerprint density at radius 2 is 2.20 bits per heavy atom. The smallest absolute Gasteiger partial charge is 0.0172 e. The minimum absolute atomic E-state index is 0.00863. The SMILES string of the molecule is CCC1CN(CCCC(C)(C)N)CCS1. The summed E-state index contributed by atoms with van der Waals surface area (Å²) >= 11 is 2.14. The van der Waals surface area contributed by atoms with Gasteiger partial charge in [0.05, 0.1) is 0 Å². The lowest BCUT2D eigenvalue weighted by Crippen LogP contribution is -2.39. The summed E-state index contributed by atoms with van der Waals surface area (Å²) in [5, 5.41) is 0.865. The van der Waals surface area contributed by atoms with Crippen LogP contribution in [0.5, 0.6) is 0 Å². The van der Waals surface area contributed by atoms with Gasteiger partial charge in [-0.2, -0.15) is 11.8 Å². The fraction of sp³-hybridized carbons (Fsp3) is 1.00. The maximum atomic E-state index is 5.98. The molecule has 15 heavy (non-hydrogen) atoms. The molecular weight excluding hydrogens is 204 g/mol. The first-order valence-corrected chi connectivity index (χ1v) is 7.19. The molecule has 0 aromatic carbocycles. The Labute approximate surface area is 99.0 Å². The van der Waals surface area contributed by atoms with E-state index in [2.05, 4.69) is 37.4 Å². The van der Waals surface area contributed by atoms with Crippen LogP contribution in [0.1, 0.15) is 40.0 Å². The maximum Gasteiger partial charge on any atom is 0.0172 e. The monoisotopic (exact) mass is 230 g/mol. The second-order valence-corrected chi connectivity index (χ2v) is 6.70. The van der Waals surface area contributed by atoms with Crippen LogP contribution in [0.3, 0.4) is 0 Å². The Kier molecular flexibility index (Phi) is 5.44. The zero-order chi connectivity index (χ0) is 11.3. The highest BCUT2D eigenvalue weighted by Crippen LogP contribution is 2.21. The van der Waals surface area contributed by atoms with Crippen molar-refractivity contribution in [3.63, 3.8) is 0 Å². The topological polar surface area (TPSA) is 29.3 Å². The molecule has 1 heterocycles. The van der Waals surface area contributed by atoms with Crippen molar-refractivity contribution in [2.75, 3.05) is 25.4 Å². The molecule has 2 N–H and O–H groups in total. The average Bonchev–Trinajstić information content (AvgIpc) is 2.16. The lowest BCUT2D eigenvalue weighted by molar-refractivity contribution is 0.265. The van der Waals surface area contributed by atoms with Gasteiger partial charge >= 0.3 is 0 Å². The second-order valence-electron chi connectivity index (χ2n) is 5.29. The van der Waals surface area contributed by atoms with Crippen molar-refractivity contribution in [3.05, 3.63) is 0 Å². The first-order valence-electron chi connectivity index (χ1n) is 6.14. The van der Waals surface area contributed by atoms with Gasteiger partial charge in [0.1, 0.15) is 0 Å². The molecule has 3 heteroatoms. The highest BCUT2D eigenvalue weighted by Gasteiger charge is 2.19. The van der Waals surface area contributed by atoms with Gasteiger partial charge in [-0.05, 0) is 39.7 Å². The highest BCUT2D eigenvalue weighted by atomic mass is 32.2. The quantitative estimate of drug-likeness (QED) is 0.786. The number of hydrogen-bond acceptors (Lipinski definition) is 3. The summed E-state index contributed by atoms with van der Waals surface area (Å²) in [6.45, 7) is 10.3. The van der Waals surface area contributed by atoms with Gasteiger partial charge < -0.3 is 10.6 Å². The Bertz CT molecular complexity index is 177. The summed E-state index contributed by atoms with van der Waals surface area (Å²) in [6, 6.07) is 0. The first-order chi connectivity index (χ1) is 7.01. The number of nitrogens with zero attached hydrogens (tertiary/aromatic N) is 1. The molecule has 1 aliphatic rings. The highest BCUT2D eigenvalue weighted by molar-refractivity contribution is 8.00. The first kappa shape index (κ1) is 13.3. The third kappa shape index (κ3) is 5.79. The van der Waals surface area contributed by atoms with E-state index in [0.29, 0.717) is 0 Å². The zero-order valence-corrected chi connectivity index (χ0v) is 11.3. The lowest BCUT2D eigenvalue weighted by atomic mass is 10.00. The molecule has 0 aliphatic carbocycles. The van der Waals surface area contributed by atoms with Gasteiger partial charge in [0, 0.05) is 29.6 Å². The van der Waals surface area contributed by atoms with Crippen LogP contribution < -0.4 is 5.73 Å². The van der Waals surface area contributed by atoms with E-state index in [1.807, 2.05) is 0 Å². The van der Waals surface area contributed by atoms with Crippen molar-refractivity contribution in [3.8, 4) is 0 Å². The predicted octanol–water partition coefficient (Wildman–Crippen LogP) is 2.33. The molecule has 0 aromatic heterocycles. The zero-order valence-electron chi connectivity index (χ0n) is 10.5. The van der Waals surface area contributed by atoms with Crippen molar-refractivity contribution in [2.45, 2.75) is 50.8 Å². The van der Waals surface area contributed by atoms with Crippen LogP contribution in [0.25, 0.3) is 0 Å². The summed E-state index contributed by atoms with van der Waals surface area (Å²) in [5.41, 5.74) is 5.99. The van der Waals surface area contributed by atoms with Crippen LogP contribution in [0.2, 0.25) is 0 Å². The molecule has 0 spiro atoms. The van der Waals surface area contributed by atoms with Crippen LogP contribution in [0.4, 0.5) is 0 Å². The molecule has 1 rings (SSSR count). The number of nitrogens with two attached hydrogens (primary N) is 1. The van der Waals surface area contributed by atoms with E-state index < -0.39 is 0 Å². The van der Waals surface area contributed by atoms with Crippen molar-refractivity contribution in [2.24, 2.45) is 5.73 Å². The summed E-state index contributed by atoms with van der Waals surface area (Å²) < 4.78 is 0. The summed E-state index contributed by atoms with van der Waals surface area (Å²) in [5.74, 6) is 1.31. The third-order valence-corrected chi connectivity index (χ3v) is 4.35. The van der Waals surface area contributed by atoms with Gasteiger partial charge in [-0.15, -0.1) is 0 Å². The van der Waals surface area contributed by atoms with E-state index in [1.54, 1.807) is 0 Å². The largest absolute Gasteiger partial charge is 0.326 e. The van der Waals surface area contributed by atoms with Crippen LogP contribution in [-0.2, 0) is 0 Å². The standard InChI is InChI=1S/C12H26N2S/c1-4-11-10-14(8-9-15-11)7-5-6-12(2,3)13/h11H,4-10,13H2,1-3H3. The van der Waals surface area contributed by atoms with Gasteiger partial charge in [0.15, 0.2) is 0 Å². The van der Waals surface area contributed by atoms with E-state index in [0.717, 1.165) is 11.7 Å². The Hall–Kier alpha value is 0.270. The molecule has 90 valence electrons. The van der Waals surface area contributed by atoms with E-state index in [4.69, 9.17) is 5.73 Å². The maximum absolute atomic E-state index is 5.98. The number of rotatable bonds is 5. The van der Waals surface area contributed by atoms with E-state index in [-0.39, 0.29) is 5.54 Å². The normalized spacial score (nSPS) is 24.4. The second kappa shape index (κ2) is 6.12. The van der Waals surface area contributed by atoms with Gasteiger partial charge in [0.2, 0.25) is 0 Å². The van der Waals surface area contributed by atoms with Crippen molar-refractivity contribution in [1.29, 1.82) is 0 Å². The van der Waals surface area contributed by atoms with Crippen LogP contribution in [0, 0.1) is 0 Å². The molecule has 1 atom stereocenters. The summed E-state index contributed by atoms with van der Waals surface area (Å²) in [7, 11) is 0. The van der Waals surface area contributed by atoms with Crippen molar-refractivity contribution >= 4 is 11.8 Å². The molecule has 0 amide bonds. The molecule has 1 unspecified atom stereocenters. The predicted molar refractivity (Wildman–Crippen MR) is 70.5 cm³/mol. The summed E-state index contributed by atoms with van der Waals surface area (Å²) in [6.07, 6.45) is 3.68. The van der Waals surface area contributed by atoms with Crippen molar-refractivity contribution < 1.29 is 0 Å². The lowest BCUT2D eigenvalue weighted by Gasteiger charge is -2.32. The molecule has 1 aliphatic heterocycles. The molecule has 0 radical (unpaired) electrons. The summed E-state index contributed by atoms with van der Waals surface area (Å²) in [4.78, 5) is 2.61. The Morgan fingerprint density at radius 3 is 2.80 bits per heavy atom. The molecule has 0 aromatic rings.